The van der Waals surface area contributed by atoms with Crippen LogP contribution in [-0.2, 0) is 6.54 Å². The van der Waals surface area contributed by atoms with Crippen LogP contribution >= 0.6 is 11.3 Å². The van der Waals surface area contributed by atoms with E-state index >= 15 is 0 Å². The second kappa shape index (κ2) is 7.75. The monoisotopic (exact) mass is 362 g/mol. The lowest BCUT2D eigenvalue weighted by Gasteiger charge is -2.10. The van der Waals surface area contributed by atoms with Gasteiger partial charge in [-0.3, -0.25) is 4.79 Å². The molecule has 0 aliphatic carbocycles. The van der Waals surface area contributed by atoms with E-state index in [1.54, 1.807) is 42.0 Å². The van der Waals surface area contributed by atoms with Crippen LogP contribution in [0.1, 0.15) is 16.1 Å². The van der Waals surface area contributed by atoms with Crippen molar-refractivity contribution in [3.05, 3.63) is 59.4 Å². The molecule has 0 fully saturated rings. The van der Waals surface area contributed by atoms with E-state index in [9.17, 15) is 13.6 Å². The summed E-state index contributed by atoms with van der Waals surface area (Å²) >= 11 is 1.24. The molecular formula is C16H12F2N4O2S. The van der Waals surface area contributed by atoms with Gasteiger partial charge in [-0.05, 0) is 12.1 Å². The molecule has 0 aliphatic heterocycles. The predicted molar refractivity (Wildman–Crippen MR) is 87.4 cm³/mol. The fraction of sp³-hybridized carbons (Fsp3) is 0.125. The van der Waals surface area contributed by atoms with Gasteiger partial charge in [0.2, 0.25) is 0 Å². The number of halogens is 2. The smallest absolute Gasteiger partial charge is 0.387 e. The molecule has 1 aromatic carbocycles. The van der Waals surface area contributed by atoms with Crippen LogP contribution in [0.5, 0.6) is 5.75 Å². The Labute approximate surface area is 145 Å². The molecule has 0 saturated heterocycles. The lowest BCUT2D eigenvalue weighted by atomic mass is 10.2. The van der Waals surface area contributed by atoms with Gasteiger partial charge in [-0.15, -0.1) is 11.3 Å². The van der Waals surface area contributed by atoms with Crippen molar-refractivity contribution in [2.24, 2.45) is 0 Å². The molecule has 0 bridgehead atoms. The van der Waals surface area contributed by atoms with Gasteiger partial charge in [0, 0.05) is 29.9 Å². The van der Waals surface area contributed by atoms with Gasteiger partial charge in [-0.1, -0.05) is 18.2 Å². The van der Waals surface area contributed by atoms with Crippen molar-refractivity contribution < 1.29 is 18.3 Å². The Balaban J connectivity index is 1.67. The van der Waals surface area contributed by atoms with E-state index in [1.807, 2.05) is 0 Å². The van der Waals surface area contributed by atoms with Crippen molar-refractivity contribution in [3.63, 3.8) is 0 Å². The average molecular weight is 362 g/mol. The van der Waals surface area contributed by atoms with Gasteiger partial charge in [-0.2, -0.15) is 8.78 Å². The van der Waals surface area contributed by atoms with Crippen molar-refractivity contribution in [2.45, 2.75) is 13.2 Å². The number of hydrogen-bond acceptors (Lipinski definition) is 6. The van der Waals surface area contributed by atoms with E-state index in [4.69, 9.17) is 0 Å². The molecule has 9 heteroatoms. The van der Waals surface area contributed by atoms with Crippen LogP contribution in [0.3, 0.4) is 0 Å². The summed E-state index contributed by atoms with van der Waals surface area (Å²) in [5.74, 6) is 0.0296. The van der Waals surface area contributed by atoms with Crippen LogP contribution in [0.2, 0.25) is 0 Å². The minimum Gasteiger partial charge on any atom is -0.434 e. The number of aromatic nitrogens is 3. The number of carbonyl (C=O) groups excluding carboxylic acids is 1. The van der Waals surface area contributed by atoms with E-state index in [2.05, 4.69) is 25.0 Å². The quantitative estimate of drug-likeness (QED) is 0.729. The summed E-state index contributed by atoms with van der Waals surface area (Å²) < 4.78 is 29.2. The minimum absolute atomic E-state index is 0.0226. The van der Waals surface area contributed by atoms with Crippen molar-refractivity contribution in [2.75, 3.05) is 0 Å². The van der Waals surface area contributed by atoms with Crippen LogP contribution in [0, 0.1) is 0 Å². The molecule has 1 amide bonds. The van der Waals surface area contributed by atoms with Crippen LogP contribution < -0.4 is 10.1 Å². The molecule has 0 radical (unpaired) electrons. The summed E-state index contributed by atoms with van der Waals surface area (Å²) in [7, 11) is 0. The molecule has 25 heavy (non-hydrogen) atoms. The number of nitrogens with one attached hydrogen (secondary N) is 1. The molecule has 1 N–H and O–H groups in total. The highest BCUT2D eigenvalue weighted by Crippen LogP contribution is 2.21. The van der Waals surface area contributed by atoms with Crippen molar-refractivity contribution in [3.8, 4) is 16.6 Å². The van der Waals surface area contributed by atoms with Gasteiger partial charge >= 0.3 is 6.61 Å². The molecule has 2 aromatic heterocycles. The molecule has 0 saturated carbocycles. The third kappa shape index (κ3) is 4.32. The topological polar surface area (TPSA) is 77.0 Å². The lowest BCUT2D eigenvalue weighted by Crippen LogP contribution is -2.23. The molecule has 3 aromatic rings. The van der Waals surface area contributed by atoms with Crippen LogP contribution in [0.4, 0.5) is 8.78 Å². The van der Waals surface area contributed by atoms with E-state index in [-0.39, 0.29) is 18.0 Å². The third-order valence-corrected chi connectivity index (χ3v) is 3.96. The molecule has 3 rings (SSSR count). The Bertz CT molecular complexity index is 858. The zero-order valence-corrected chi connectivity index (χ0v) is 13.5. The maximum Gasteiger partial charge on any atom is 0.387 e. The lowest BCUT2D eigenvalue weighted by molar-refractivity contribution is -0.0504. The molecule has 0 unspecified atom stereocenters. The Morgan fingerprint density at radius 2 is 1.96 bits per heavy atom. The minimum atomic E-state index is -2.93. The van der Waals surface area contributed by atoms with Crippen molar-refractivity contribution in [1.82, 2.24) is 20.3 Å². The SMILES string of the molecule is O=C(NCc1ccccc1OC(F)F)c1csc(-c2ncccn2)n1. The average Bonchev–Trinajstić information content (AvgIpc) is 3.11. The van der Waals surface area contributed by atoms with Gasteiger partial charge in [0.25, 0.3) is 5.91 Å². The molecule has 0 atom stereocenters. The van der Waals surface area contributed by atoms with Gasteiger partial charge < -0.3 is 10.1 Å². The number of alkyl halides is 2. The Morgan fingerprint density at radius 1 is 1.20 bits per heavy atom. The highest BCUT2D eigenvalue weighted by molar-refractivity contribution is 7.13. The van der Waals surface area contributed by atoms with Gasteiger partial charge in [-0.25, -0.2) is 15.0 Å². The summed E-state index contributed by atoms with van der Waals surface area (Å²) in [6.07, 6.45) is 3.17. The van der Waals surface area contributed by atoms with Crippen LogP contribution in [-0.4, -0.2) is 27.5 Å². The Kier molecular flexibility index (Phi) is 5.24. The number of thiazole rings is 1. The first kappa shape index (κ1) is 16.9. The number of amides is 1. The molecule has 6 nitrogen and oxygen atoms in total. The number of nitrogens with zero attached hydrogens (tertiary/aromatic N) is 3. The first-order valence-electron chi connectivity index (χ1n) is 7.17. The van der Waals surface area contributed by atoms with Crippen molar-refractivity contribution >= 4 is 17.2 Å². The zero-order chi connectivity index (χ0) is 17.6. The predicted octanol–water partition coefficient (Wildman–Crippen LogP) is 3.13. The van der Waals surface area contributed by atoms with Gasteiger partial charge in [0.1, 0.15) is 11.4 Å². The number of hydrogen-bond donors (Lipinski definition) is 1. The highest BCUT2D eigenvalue weighted by atomic mass is 32.1. The van der Waals surface area contributed by atoms with E-state index in [0.29, 0.717) is 16.4 Å². The normalized spacial score (nSPS) is 10.7. The molecular weight excluding hydrogens is 350 g/mol. The molecule has 0 spiro atoms. The largest absolute Gasteiger partial charge is 0.434 e. The highest BCUT2D eigenvalue weighted by Gasteiger charge is 2.14. The number of para-hydroxylation sites is 1. The van der Waals surface area contributed by atoms with Crippen LogP contribution in [0.15, 0.2) is 48.1 Å². The summed E-state index contributed by atoms with van der Waals surface area (Å²) in [6.45, 7) is -2.89. The summed E-state index contributed by atoms with van der Waals surface area (Å²) in [6, 6.07) is 7.95. The molecule has 2 heterocycles. The van der Waals surface area contributed by atoms with Crippen LogP contribution in [0.25, 0.3) is 10.8 Å². The Morgan fingerprint density at radius 3 is 2.72 bits per heavy atom. The number of rotatable bonds is 6. The first-order chi connectivity index (χ1) is 12.1. The summed E-state index contributed by atoms with van der Waals surface area (Å²) in [5.41, 5.74) is 0.651. The first-order valence-corrected chi connectivity index (χ1v) is 8.05. The molecule has 128 valence electrons. The van der Waals surface area contributed by atoms with E-state index in [1.165, 1.54) is 17.4 Å². The van der Waals surface area contributed by atoms with E-state index in [0.717, 1.165) is 0 Å². The molecule has 0 aliphatic rings. The van der Waals surface area contributed by atoms with E-state index < -0.39 is 12.5 Å². The fourth-order valence-electron chi connectivity index (χ4n) is 2.02. The maximum atomic E-state index is 12.4. The third-order valence-electron chi connectivity index (χ3n) is 3.12. The Hall–Kier alpha value is -2.94. The van der Waals surface area contributed by atoms with Gasteiger partial charge in [0.05, 0.1) is 0 Å². The number of carbonyl (C=O) groups is 1. The standard InChI is InChI=1S/C16H12F2N4O2S/c17-16(18)24-12-5-2-1-4-10(12)8-21-14(23)11-9-25-15(22-11)13-19-6-3-7-20-13/h1-7,9,16H,8H2,(H,21,23). The zero-order valence-electron chi connectivity index (χ0n) is 12.7. The van der Waals surface area contributed by atoms with Crippen molar-refractivity contribution in [1.29, 1.82) is 0 Å². The maximum absolute atomic E-state index is 12.4. The number of benzene rings is 1. The second-order valence-corrected chi connectivity index (χ2v) is 5.64. The fourth-order valence-corrected chi connectivity index (χ4v) is 2.76. The summed E-state index contributed by atoms with van der Waals surface area (Å²) in [4.78, 5) is 24.5. The number of ether oxygens (including phenoxy) is 1. The van der Waals surface area contributed by atoms with Gasteiger partial charge in [0.15, 0.2) is 10.8 Å². The second-order valence-electron chi connectivity index (χ2n) is 4.78. The summed E-state index contributed by atoms with van der Waals surface area (Å²) in [5, 5.41) is 4.74.